The number of hydrogen-bond donors (Lipinski definition) is 1. The molecule has 3 heteroatoms. The highest BCUT2D eigenvalue weighted by Crippen LogP contribution is 2.24. The molecule has 0 radical (unpaired) electrons. The maximum atomic E-state index is 4.56. The van der Waals surface area contributed by atoms with Gasteiger partial charge in [-0.1, -0.05) is 44.5 Å². The average molecular weight is 281 g/mol. The molecule has 110 valence electrons. The normalized spacial score (nSPS) is 18.9. The van der Waals surface area contributed by atoms with Gasteiger partial charge >= 0.3 is 0 Å². The fourth-order valence-electron chi connectivity index (χ4n) is 2.80. The molecule has 1 aromatic heterocycles. The molecule has 2 heterocycles. The molecule has 1 aromatic carbocycles. The fraction of sp³-hybridized carbons (Fsp3) is 0.444. The highest BCUT2D eigenvalue weighted by Gasteiger charge is 2.17. The van der Waals surface area contributed by atoms with E-state index in [-0.39, 0.29) is 0 Å². The van der Waals surface area contributed by atoms with E-state index >= 15 is 0 Å². The maximum Gasteiger partial charge on any atom is 0.145 e. The molecule has 2 aromatic rings. The highest BCUT2D eigenvalue weighted by atomic mass is 15.0. The SMILES string of the molecule is CC(C)c1ccc(-c2cnc(C3CCCCN3)nc2)cc1. The van der Waals surface area contributed by atoms with E-state index in [1.807, 2.05) is 12.4 Å². The number of rotatable bonds is 3. The van der Waals surface area contributed by atoms with Crippen LogP contribution < -0.4 is 5.32 Å². The van der Waals surface area contributed by atoms with Gasteiger partial charge in [0.2, 0.25) is 0 Å². The standard InChI is InChI=1S/C18H23N3/c1-13(2)14-6-8-15(9-7-14)16-11-20-18(21-12-16)17-5-3-4-10-19-17/h6-9,11-13,17,19H,3-5,10H2,1-2H3. The number of aromatic nitrogens is 2. The maximum absolute atomic E-state index is 4.56. The van der Waals surface area contributed by atoms with Gasteiger partial charge in [-0.15, -0.1) is 0 Å². The lowest BCUT2D eigenvalue weighted by Crippen LogP contribution is -2.28. The second-order valence-corrected chi connectivity index (χ2v) is 6.11. The van der Waals surface area contributed by atoms with Crippen molar-refractivity contribution < 1.29 is 0 Å². The van der Waals surface area contributed by atoms with Crippen molar-refractivity contribution in [2.45, 2.75) is 45.1 Å². The molecule has 1 unspecified atom stereocenters. The lowest BCUT2D eigenvalue weighted by molar-refractivity contribution is 0.397. The number of nitrogens with zero attached hydrogens (tertiary/aromatic N) is 2. The largest absolute Gasteiger partial charge is 0.307 e. The smallest absolute Gasteiger partial charge is 0.145 e. The van der Waals surface area contributed by atoms with Crippen LogP contribution >= 0.6 is 0 Å². The monoisotopic (exact) mass is 281 g/mol. The summed E-state index contributed by atoms with van der Waals surface area (Å²) >= 11 is 0. The Morgan fingerprint density at radius 2 is 1.71 bits per heavy atom. The van der Waals surface area contributed by atoms with E-state index in [2.05, 4.69) is 53.4 Å². The molecule has 1 fully saturated rings. The van der Waals surface area contributed by atoms with Crippen molar-refractivity contribution in [2.24, 2.45) is 0 Å². The van der Waals surface area contributed by atoms with Gasteiger partial charge in [0.1, 0.15) is 5.82 Å². The van der Waals surface area contributed by atoms with Crippen LogP contribution in [0.3, 0.4) is 0 Å². The first-order valence-corrected chi connectivity index (χ1v) is 7.89. The van der Waals surface area contributed by atoms with Gasteiger partial charge in [0.05, 0.1) is 6.04 Å². The Labute approximate surface area is 126 Å². The molecule has 0 amide bonds. The van der Waals surface area contributed by atoms with Gasteiger partial charge in [-0.05, 0) is 36.4 Å². The Hall–Kier alpha value is -1.74. The molecule has 1 aliphatic heterocycles. The molecule has 1 atom stereocenters. The lowest BCUT2D eigenvalue weighted by atomic mass is 10.00. The van der Waals surface area contributed by atoms with Crippen molar-refractivity contribution in [1.82, 2.24) is 15.3 Å². The van der Waals surface area contributed by atoms with Gasteiger partial charge in [-0.25, -0.2) is 9.97 Å². The number of hydrogen-bond acceptors (Lipinski definition) is 3. The van der Waals surface area contributed by atoms with Gasteiger partial charge in [0.15, 0.2) is 0 Å². The van der Waals surface area contributed by atoms with Crippen LogP contribution in [0, 0.1) is 0 Å². The predicted molar refractivity (Wildman–Crippen MR) is 86.2 cm³/mol. The van der Waals surface area contributed by atoms with Crippen molar-refractivity contribution in [3.8, 4) is 11.1 Å². The van der Waals surface area contributed by atoms with Crippen molar-refractivity contribution >= 4 is 0 Å². The van der Waals surface area contributed by atoms with Crippen LogP contribution in [0.1, 0.15) is 56.5 Å². The summed E-state index contributed by atoms with van der Waals surface area (Å²) in [5.41, 5.74) is 3.63. The zero-order chi connectivity index (χ0) is 14.7. The van der Waals surface area contributed by atoms with E-state index in [9.17, 15) is 0 Å². The van der Waals surface area contributed by atoms with Crippen LogP contribution in [-0.2, 0) is 0 Å². The Morgan fingerprint density at radius 1 is 1.00 bits per heavy atom. The Morgan fingerprint density at radius 3 is 2.29 bits per heavy atom. The molecule has 3 nitrogen and oxygen atoms in total. The average Bonchev–Trinajstić information content (AvgIpc) is 2.56. The topological polar surface area (TPSA) is 37.8 Å². The first-order chi connectivity index (χ1) is 10.2. The van der Waals surface area contributed by atoms with Gasteiger partial charge in [0, 0.05) is 18.0 Å². The minimum atomic E-state index is 0.330. The third-order valence-electron chi connectivity index (χ3n) is 4.20. The van der Waals surface area contributed by atoms with Crippen LogP contribution in [-0.4, -0.2) is 16.5 Å². The minimum Gasteiger partial charge on any atom is -0.307 e. The highest BCUT2D eigenvalue weighted by molar-refractivity contribution is 5.61. The number of benzene rings is 1. The molecule has 0 aliphatic carbocycles. The van der Waals surface area contributed by atoms with Gasteiger partial charge in [-0.2, -0.15) is 0 Å². The zero-order valence-electron chi connectivity index (χ0n) is 12.8. The van der Waals surface area contributed by atoms with Crippen molar-refractivity contribution in [2.75, 3.05) is 6.54 Å². The summed E-state index contributed by atoms with van der Waals surface area (Å²) in [7, 11) is 0. The van der Waals surface area contributed by atoms with Crippen LogP contribution in [0.4, 0.5) is 0 Å². The molecular formula is C18H23N3. The molecule has 3 rings (SSSR count). The first kappa shape index (κ1) is 14.2. The van der Waals surface area contributed by atoms with Crippen molar-refractivity contribution in [3.63, 3.8) is 0 Å². The van der Waals surface area contributed by atoms with Gasteiger partial charge in [0.25, 0.3) is 0 Å². The number of piperidine rings is 1. The van der Waals surface area contributed by atoms with E-state index in [0.29, 0.717) is 12.0 Å². The third-order valence-corrected chi connectivity index (χ3v) is 4.20. The van der Waals surface area contributed by atoms with Gasteiger partial charge < -0.3 is 5.32 Å². The third kappa shape index (κ3) is 3.30. The molecule has 1 N–H and O–H groups in total. The molecule has 0 saturated carbocycles. The quantitative estimate of drug-likeness (QED) is 0.921. The van der Waals surface area contributed by atoms with E-state index in [0.717, 1.165) is 24.4 Å². The van der Waals surface area contributed by atoms with Gasteiger partial charge in [-0.3, -0.25) is 0 Å². The summed E-state index contributed by atoms with van der Waals surface area (Å²) in [5.74, 6) is 1.49. The summed E-state index contributed by atoms with van der Waals surface area (Å²) in [6.07, 6.45) is 7.56. The van der Waals surface area contributed by atoms with Crippen LogP contribution in [0.15, 0.2) is 36.7 Å². The number of nitrogens with one attached hydrogen (secondary N) is 1. The molecule has 0 spiro atoms. The zero-order valence-corrected chi connectivity index (χ0v) is 12.8. The minimum absolute atomic E-state index is 0.330. The Balaban J connectivity index is 1.76. The van der Waals surface area contributed by atoms with E-state index in [1.165, 1.54) is 24.0 Å². The van der Waals surface area contributed by atoms with Crippen molar-refractivity contribution in [3.05, 3.63) is 48.0 Å². The summed E-state index contributed by atoms with van der Waals surface area (Å²) in [4.78, 5) is 9.13. The summed E-state index contributed by atoms with van der Waals surface area (Å²) in [6, 6.07) is 9.03. The Bertz CT molecular complexity index is 566. The second kappa shape index (κ2) is 6.35. The van der Waals surface area contributed by atoms with Crippen LogP contribution in [0.2, 0.25) is 0 Å². The summed E-state index contributed by atoms with van der Waals surface area (Å²) in [6.45, 7) is 5.50. The fourth-order valence-corrected chi connectivity index (χ4v) is 2.80. The Kier molecular flexibility index (Phi) is 4.30. The van der Waals surface area contributed by atoms with E-state index in [4.69, 9.17) is 0 Å². The summed E-state index contributed by atoms with van der Waals surface area (Å²) < 4.78 is 0. The van der Waals surface area contributed by atoms with Crippen LogP contribution in [0.5, 0.6) is 0 Å². The molecule has 0 bridgehead atoms. The summed E-state index contributed by atoms with van der Waals surface area (Å²) in [5, 5.41) is 3.49. The predicted octanol–water partition coefficient (Wildman–Crippen LogP) is 4.08. The van der Waals surface area contributed by atoms with E-state index in [1.54, 1.807) is 0 Å². The molecule has 21 heavy (non-hydrogen) atoms. The first-order valence-electron chi connectivity index (χ1n) is 7.89. The molecule has 1 aliphatic rings. The molecular weight excluding hydrogens is 258 g/mol. The van der Waals surface area contributed by atoms with Crippen LogP contribution in [0.25, 0.3) is 11.1 Å². The second-order valence-electron chi connectivity index (χ2n) is 6.11. The van der Waals surface area contributed by atoms with Crippen molar-refractivity contribution in [1.29, 1.82) is 0 Å². The molecule has 1 saturated heterocycles. The lowest BCUT2D eigenvalue weighted by Gasteiger charge is -2.21. The van der Waals surface area contributed by atoms with E-state index < -0.39 is 0 Å².